The molecular formula is C27H55NO2. The Morgan fingerprint density at radius 3 is 1.30 bits per heavy atom. The summed E-state index contributed by atoms with van der Waals surface area (Å²) in [5, 5.41) is 12.3. The molecule has 0 rings (SSSR count). The number of likely N-dealkylation sites (N-methyl/N-ethyl adjacent to an activating group) is 1. The van der Waals surface area contributed by atoms with Gasteiger partial charge in [-0.25, -0.2) is 0 Å². The summed E-state index contributed by atoms with van der Waals surface area (Å²) in [6.07, 6.45) is 22.3. The predicted molar refractivity (Wildman–Crippen MR) is 129 cm³/mol. The highest BCUT2D eigenvalue weighted by atomic mass is 16.4. The summed E-state index contributed by atoms with van der Waals surface area (Å²) >= 11 is 0. The average Bonchev–Trinajstić information content (AvgIpc) is 2.67. The third kappa shape index (κ3) is 12.3. The maximum Gasteiger partial charge on any atom is 0.134 e. The van der Waals surface area contributed by atoms with E-state index in [9.17, 15) is 9.90 Å². The molecule has 0 N–H and O–H groups in total. The highest BCUT2D eigenvalue weighted by Crippen LogP contribution is 2.43. The smallest absolute Gasteiger partial charge is 0.134 e. The number of rotatable bonds is 21. The number of hydrogen-bond donors (Lipinski definition) is 0. The lowest BCUT2D eigenvalue weighted by atomic mass is 9.68. The molecule has 0 aromatic rings. The van der Waals surface area contributed by atoms with Crippen molar-refractivity contribution in [2.75, 3.05) is 21.1 Å². The molecule has 1 unspecified atom stereocenters. The van der Waals surface area contributed by atoms with Crippen molar-refractivity contribution in [2.45, 2.75) is 142 Å². The molecule has 0 amide bonds. The molecular weight excluding hydrogens is 370 g/mol. The summed E-state index contributed by atoms with van der Waals surface area (Å²) in [5.41, 5.74) is -0.123. The van der Waals surface area contributed by atoms with E-state index in [1.54, 1.807) is 0 Å². The van der Waals surface area contributed by atoms with Gasteiger partial charge in [-0.2, -0.15) is 0 Å². The molecule has 30 heavy (non-hydrogen) atoms. The van der Waals surface area contributed by atoms with Gasteiger partial charge in [-0.1, -0.05) is 117 Å². The van der Waals surface area contributed by atoms with Gasteiger partial charge in [-0.3, -0.25) is 0 Å². The second-order valence-corrected chi connectivity index (χ2v) is 10.7. The summed E-state index contributed by atoms with van der Waals surface area (Å²) in [5.74, 6) is -0.849. The Morgan fingerprint density at radius 1 is 0.633 bits per heavy atom. The van der Waals surface area contributed by atoms with Crippen LogP contribution in [0.15, 0.2) is 0 Å². The lowest BCUT2D eigenvalue weighted by Crippen LogP contribution is -2.62. The molecule has 1 atom stereocenters. The third-order valence-electron chi connectivity index (χ3n) is 6.91. The Balaban J connectivity index is 4.72. The van der Waals surface area contributed by atoms with Crippen molar-refractivity contribution in [3.8, 4) is 0 Å². The predicted octanol–water partition coefficient (Wildman–Crippen LogP) is 6.88. The molecule has 0 aliphatic rings. The summed E-state index contributed by atoms with van der Waals surface area (Å²) < 4.78 is 0.466. The van der Waals surface area contributed by atoms with Crippen LogP contribution in [-0.2, 0) is 4.79 Å². The van der Waals surface area contributed by atoms with Crippen LogP contribution in [-0.4, -0.2) is 37.6 Å². The standard InChI is InChI=1S/C27H55NO2/c1-7-10-13-14-15-16-17-18-19-20-21-24-27(22-11-8-2,23-12-9-3)25(26(29)30)28(4,5)6/h25H,7-24H2,1-6H3. The Morgan fingerprint density at radius 2 is 0.967 bits per heavy atom. The minimum absolute atomic E-state index is 0.123. The maximum absolute atomic E-state index is 12.3. The van der Waals surface area contributed by atoms with Crippen LogP contribution in [0, 0.1) is 5.41 Å². The van der Waals surface area contributed by atoms with Gasteiger partial charge in [0.15, 0.2) is 0 Å². The fraction of sp³-hybridized carbons (Fsp3) is 0.963. The van der Waals surface area contributed by atoms with Gasteiger partial charge in [0.05, 0.1) is 27.1 Å². The molecule has 0 aromatic heterocycles. The van der Waals surface area contributed by atoms with Gasteiger partial charge in [0.25, 0.3) is 0 Å². The first-order valence-electron chi connectivity index (χ1n) is 13.3. The van der Waals surface area contributed by atoms with Gasteiger partial charge in [0.2, 0.25) is 0 Å². The SMILES string of the molecule is CCCCCCCCCCCCCC(CCCC)(CCCC)C(C(=O)[O-])[N+](C)(C)C. The molecule has 180 valence electrons. The summed E-state index contributed by atoms with van der Waals surface area (Å²) in [7, 11) is 6.11. The highest BCUT2D eigenvalue weighted by Gasteiger charge is 2.45. The Kier molecular flexibility index (Phi) is 16.7. The first-order chi connectivity index (χ1) is 14.2. The molecule has 0 radical (unpaired) electrons. The Bertz CT molecular complexity index is 406. The molecule has 0 spiro atoms. The van der Waals surface area contributed by atoms with E-state index in [0.717, 1.165) is 51.4 Å². The number of nitrogens with zero attached hydrogens (tertiary/aromatic N) is 1. The van der Waals surface area contributed by atoms with E-state index in [1.165, 1.54) is 64.2 Å². The zero-order valence-corrected chi connectivity index (χ0v) is 21.6. The highest BCUT2D eigenvalue weighted by molar-refractivity contribution is 5.71. The molecule has 0 aliphatic heterocycles. The number of carboxylic acid groups (broad SMARTS) is 1. The van der Waals surface area contributed by atoms with E-state index in [2.05, 4.69) is 20.8 Å². The van der Waals surface area contributed by atoms with Crippen LogP contribution >= 0.6 is 0 Å². The van der Waals surface area contributed by atoms with E-state index in [-0.39, 0.29) is 5.41 Å². The molecule has 0 saturated carbocycles. The van der Waals surface area contributed by atoms with Crippen molar-refractivity contribution in [1.82, 2.24) is 0 Å². The lowest BCUT2D eigenvalue weighted by molar-refractivity contribution is -0.897. The third-order valence-corrected chi connectivity index (χ3v) is 6.91. The zero-order chi connectivity index (χ0) is 22.9. The van der Waals surface area contributed by atoms with Crippen LogP contribution < -0.4 is 5.11 Å². The molecule has 3 nitrogen and oxygen atoms in total. The first-order valence-corrected chi connectivity index (χ1v) is 13.3. The van der Waals surface area contributed by atoms with Crippen LogP contribution in [0.2, 0.25) is 0 Å². The number of aliphatic carboxylic acids is 1. The van der Waals surface area contributed by atoms with Crippen molar-refractivity contribution in [3.05, 3.63) is 0 Å². The van der Waals surface area contributed by atoms with Gasteiger partial charge in [-0.05, 0) is 19.3 Å². The zero-order valence-electron chi connectivity index (χ0n) is 21.6. The van der Waals surface area contributed by atoms with E-state index in [1.807, 2.05) is 21.1 Å². The van der Waals surface area contributed by atoms with E-state index >= 15 is 0 Å². The van der Waals surface area contributed by atoms with Crippen molar-refractivity contribution in [1.29, 1.82) is 0 Å². The van der Waals surface area contributed by atoms with Crippen molar-refractivity contribution >= 4 is 5.97 Å². The van der Waals surface area contributed by atoms with Crippen molar-refractivity contribution in [2.24, 2.45) is 5.41 Å². The van der Waals surface area contributed by atoms with Crippen LogP contribution in [0.4, 0.5) is 0 Å². The second kappa shape index (κ2) is 17.0. The largest absolute Gasteiger partial charge is 0.544 e. The van der Waals surface area contributed by atoms with Crippen LogP contribution in [0.5, 0.6) is 0 Å². The Hall–Kier alpha value is -0.570. The topological polar surface area (TPSA) is 40.1 Å². The summed E-state index contributed by atoms with van der Waals surface area (Å²) in [6, 6.07) is -0.418. The second-order valence-electron chi connectivity index (χ2n) is 10.7. The van der Waals surface area contributed by atoms with Gasteiger partial charge >= 0.3 is 0 Å². The summed E-state index contributed by atoms with van der Waals surface area (Å²) in [6.45, 7) is 6.70. The Labute approximate surface area is 189 Å². The number of carbonyl (C=O) groups excluding carboxylic acids is 1. The number of carbonyl (C=O) groups is 1. The van der Waals surface area contributed by atoms with E-state index in [4.69, 9.17) is 0 Å². The van der Waals surface area contributed by atoms with Gasteiger partial charge in [-0.15, -0.1) is 0 Å². The van der Waals surface area contributed by atoms with Gasteiger partial charge < -0.3 is 14.4 Å². The lowest BCUT2D eigenvalue weighted by Gasteiger charge is -2.48. The molecule has 0 saturated heterocycles. The molecule has 0 bridgehead atoms. The maximum atomic E-state index is 12.3. The number of carboxylic acids is 1. The van der Waals surface area contributed by atoms with Gasteiger partial charge in [0, 0.05) is 5.41 Å². The van der Waals surface area contributed by atoms with Crippen LogP contribution in [0.25, 0.3) is 0 Å². The quantitative estimate of drug-likeness (QED) is 0.148. The first kappa shape index (κ1) is 29.4. The van der Waals surface area contributed by atoms with Crippen molar-refractivity contribution < 1.29 is 14.4 Å². The van der Waals surface area contributed by atoms with Crippen molar-refractivity contribution in [3.63, 3.8) is 0 Å². The minimum atomic E-state index is -0.849. The molecule has 0 aromatic carbocycles. The number of hydrogen-bond acceptors (Lipinski definition) is 2. The monoisotopic (exact) mass is 425 g/mol. The fourth-order valence-electron chi connectivity index (χ4n) is 5.37. The molecule has 0 fully saturated rings. The molecule has 0 aliphatic carbocycles. The minimum Gasteiger partial charge on any atom is -0.544 e. The van der Waals surface area contributed by atoms with E-state index < -0.39 is 12.0 Å². The van der Waals surface area contributed by atoms with Gasteiger partial charge in [0.1, 0.15) is 6.04 Å². The summed E-state index contributed by atoms with van der Waals surface area (Å²) in [4.78, 5) is 12.3. The van der Waals surface area contributed by atoms with Crippen LogP contribution in [0.3, 0.4) is 0 Å². The number of unbranched alkanes of at least 4 members (excludes halogenated alkanes) is 12. The number of quaternary nitrogens is 1. The fourth-order valence-corrected chi connectivity index (χ4v) is 5.37. The molecule has 3 heteroatoms. The average molecular weight is 426 g/mol. The normalized spacial score (nSPS) is 13.5. The molecule has 0 heterocycles. The van der Waals surface area contributed by atoms with E-state index in [0.29, 0.717) is 4.48 Å². The van der Waals surface area contributed by atoms with Crippen LogP contribution in [0.1, 0.15) is 136 Å².